The molecule has 0 aliphatic rings. The first-order chi connectivity index (χ1) is 6.81. The van der Waals surface area contributed by atoms with Crippen molar-refractivity contribution in [3.05, 3.63) is 0 Å². The summed E-state index contributed by atoms with van der Waals surface area (Å²) >= 11 is 11.1. The lowest BCUT2D eigenvalue weighted by Gasteiger charge is -2.01. The number of unbranched alkanes of at least 4 members (excludes halogenated alkanes) is 4. The highest BCUT2D eigenvalue weighted by atomic mass is 35.5. The number of rotatable bonds is 10. The van der Waals surface area contributed by atoms with Gasteiger partial charge in [-0.15, -0.1) is 23.2 Å². The van der Waals surface area contributed by atoms with E-state index < -0.39 is 10.8 Å². The standard InChI is InChI=1S/C10H20Cl2OS/c11-7-3-1-5-9-14(13)10-6-2-4-8-12/h1-10H2. The van der Waals surface area contributed by atoms with E-state index in [0.717, 1.165) is 61.8 Å². The van der Waals surface area contributed by atoms with Crippen LogP contribution in [0.4, 0.5) is 0 Å². The highest BCUT2D eigenvalue weighted by Crippen LogP contribution is 2.03. The van der Waals surface area contributed by atoms with Crippen LogP contribution < -0.4 is 0 Å². The number of hydrogen-bond acceptors (Lipinski definition) is 1. The van der Waals surface area contributed by atoms with Crippen LogP contribution in [-0.4, -0.2) is 27.5 Å². The van der Waals surface area contributed by atoms with E-state index in [1.807, 2.05) is 0 Å². The van der Waals surface area contributed by atoms with E-state index in [0.29, 0.717) is 0 Å². The highest BCUT2D eigenvalue weighted by molar-refractivity contribution is 7.84. The van der Waals surface area contributed by atoms with Gasteiger partial charge in [0.25, 0.3) is 0 Å². The predicted molar refractivity (Wildman–Crippen MR) is 67.0 cm³/mol. The lowest BCUT2D eigenvalue weighted by atomic mass is 10.3. The van der Waals surface area contributed by atoms with Crippen molar-refractivity contribution in [3.8, 4) is 0 Å². The van der Waals surface area contributed by atoms with Gasteiger partial charge in [-0.1, -0.05) is 12.8 Å². The molecule has 0 aromatic carbocycles. The molecule has 0 aromatic heterocycles. The summed E-state index contributed by atoms with van der Waals surface area (Å²) < 4.78 is 11.4. The van der Waals surface area contributed by atoms with E-state index in [1.165, 1.54) is 0 Å². The van der Waals surface area contributed by atoms with Crippen molar-refractivity contribution in [3.63, 3.8) is 0 Å². The second-order valence-electron chi connectivity index (χ2n) is 3.35. The lowest BCUT2D eigenvalue weighted by Crippen LogP contribution is -2.03. The van der Waals surface area contributed by atoms with Crippen LogP contribution in [0.15, 0.2) is 0 Å². The third-order valence-corrected chi connectivity index (χ3v) is 4.03. The molecule has 86 valence electrons. The molecule has 0 aliphatic heterocycles. The molecule has 0 saturated heterocycles. The minimum atomic E-state index is -0.613. The Labute approximate surface area is 100 Å². The molecule has 0 rings (SSSR count). The van der Waals surface area contributed by atoms with Gasteiger partial charge < -0.3 is 0 Å². The fraction of sp³-hybridized carbons (Fsp3) is 1.00. The van der Waals surface area contributed by atoms with Crippen molar-refractivity contribution >= 4 is 34.0 Å². The SMILES string of the molecule is O=S(CCCCCCl)CCCCCCl. The Morgan fingerprint density at radius 3 is 1.50 bits per heavy atom. The molecule has 0 atom stereocenters. The normalized spacial score (nSPS) is 11.1. The molecule has 14 heavy (non-hydrogen) atoms. The fourth-order valence-corrected chi connectivity index (χ4v) is 2.80. The topological polar surface area (TPSA) is 17.1 Å². The molecule has 0 aromatic rings. The predicted octanol–water partition coefficient (Wildman–Crippen LogP) is 3.55. The van der Waals surface area contributed by atoms with Crippen LogP contribution in [0, 0.1) is 0 Å². The Hall–Kier alpha value is 0.730. The van der Waals surface area contributed by atoms with Gasteiger partial charge in [-0.25, -0.2) is 0 Å². The summed E-state index contributed by atoms with van der Waals surface area (Å²) in [5.41, 5.74) is 0. The van der Waals surface area contributed by atoms with E-state index in [-0.39, 0.29) is 0 Å². The van der Waals surface area contributed by atoms with Crippen molar-refractivity contribution in [1.29, 1.82) is 0 Å². The second-order valence-corrected chi connectivity index (χ2v) is 5.80. The molecule has 0 fully saturated rings. The average molecular weight is 259 g/mol. The summed E-state index contributed by atoms with van der Waals surface area (Å²) in [6, 6.07) is 0. The molecule has 0 bridgehead atoms. The van der Waals surface area contributed by atoms with Gasteiger partial charge in [-0.2, -0.15) is 0 Å². The third kappa shape index (κ3) is 10.8. The minimum absolute atomic E-state index is 0.613. The van der Waals surface area contributed by atoms with E-state index in [2.05, 4.69) is 0 Å². The van der Waals surface area contributed by atoms with Crippen molar-refractivity contribution in [1.82, 2.24) is 0 Å². The summed E-state index contributed by atoms with van der Waals surface area (Å²) in [6.45, 7) is 0. The van der Waals surface area contributed by atoms with Crippen LogP contribution in [0.2, 0.25) is 0 Å². The molecule has 0 amide bonds. The average Bonchev–Trinajstić information content (AvgIpc) is 2.19. The molecule has 0 aliphatic carbocycles. The van der Waals surface area contributed by atoms with Crippen molar-refractivity contribution in [2.75, 3.05) is 23.3 Å². The molecule has 4 heteroatoms. The summed E-state index contributed by atoms with van der Waals surface area (Å²) in [6.07, 6.45) is 6.41. The van der Waals surface area contributed by atoms with E-state index >= 15 is 0 Å². The maximum Gasteiger partial charge on any atom is 0.0234 e. The van der Waals surface area contributed by atoms with E-state index in [4.69, 9.17) is 23.2 Å². The zero-order valence-electron chi connectivity index (χ0n) is 8.64. The van der Waals surface area contributed by atoms with Crippen LogP contribution in [0.1, 0.15) is 38.5 Å². The maximum absolute atomic E-state index is 11.4. The number of halogens is 2. The first kappa shape index (κ1) is 14.7. The highest BCUT2D eigenvalue weighted by Gasteiger charge is 1.99. The monoisotopic (exact) mass is 258 g/mol. The molecular formula is C10H20Cl2OS. The summed E-state index contributed by atoms with van der Waals surface area (Å²) in [5.74, 6) is 3.14. The fourth-order valence-electron chi connectivity index (χ4n) is 1.17. The Morgan fingerprint density at radius 2 is 1.14 bits per heavy atom. The van der Waals surface area contributed by atoms with Gasteiger partial charge in [0.1, 0.15) is 0 Å². The lowest BCUT2D eigenvalue weighted by molar-refractivity contribution is 0.670. The Bertz CT molecular complexity index is 128. The number of hydrogen-bond donors (Lipinski definition) is 0. The first-order valence-electron chi connectivity index (χ1n) is 5.28. The quantitative estimate of drug-likeness (QED) is 0.433. The van der Waals surface area contributed by atoms with E-state index in [1.54, 1.807) is 0 Å². The van der Waals surface area contributed by atoms with Crippen LogP contribution in [0.25, 0.3) is 0 Å². The first-order valence-corrected chi connectivity index (χ1v) is 7.84. The van der Waals surface area contributed by atoms with Gasteiger partial charge >= 0.3 is 0 Å². The van der Waals surface area contributed by atoms with Gasteiger partial charge in [0.15, 0.2) is 0 Å². The second kappa shape index (κ2) is 11.8. The van der Waals surface area contributed by atoms with Crippen molar-refractivity contribution in [2.45, 2.75) is 38.5 Å². The molecule has 1 nitrogen and oxygen atoms in total. The van der Waals surface area contributed by atoms with Gasteiger partial charge in [0, 0.05) is 34.1 Å². The summed E-state index contributed by atoms with van der Waals surface area (Å²) in [4.78, 5) is 0. The molecule has 0 N–H and O–H groups in total. The summed E-state index contributed by atoms with van der Waals surface area (Å²) in [7, 11) is -0.613. The third-order valence-electron chi connectivity index (χ3n) is 2.01. The molecule has 0 heterocycles. The molecule has 0 radical (unpaired) electrons. The van der Waals surface area contributed by atoms with Gasteiger partial charge in [0.2, 0.25) is 0 Å². The van der Waals surface area contributed by atoms with Gasteiger partial charge in [-0.3, -0.25) is 4.21 Å². The largest absolute Gasteiger partial charge is 0.260 e. The van der Waals surface area contributed by atoms with Crippen LogP contribution >= 0.6 is 23.2 Å². The molecule has 0 spiro atoms. The van der Waals surface area contributed by atoms with Crippen LogP contribution in [-0.2, 0) is 10.8 Å². The Kier molecular flexibility index (Phi) is 12.4. The smallest absolute Gasteiger partial charge is 0.0234 e. The summed E-state index contributed by atoms with van der Waals surface area (Å²) in [5, 5.41) is 0. The van der Waals surface area contributed by atoms with Gasteiger partial charge in [0.05, 0.1) is 0 Å². The zero-order valence-corrected chi connectivity index (χ0v) is 11.0. The molecule has 0 unspecified atom stereocenters. The number of alkyl halides is 2. The maximum atomic E-state index is 11.4. The Morgan fingerprint density at radius 1 is 0.714 bits per heavy atom. The van der Waals surface area contributed by atoms with Crippen LogP contribution in [0.3, 0.4) is 0 Å². The van der Waals surface area contributed by atoms with Crippen molar-refractivity contribution in [2.24, 2.45) is 0 Å². The zero-order chi connectivity index (χ0) is 10.6. The molecule has 0 saturated carbocycles. The molecular weight excluding hydrogens is 239 g/mol. The van der Waals surface area contributed by atoms with E-state index in [9.17, 15) is 4.21 Å². The van der Waals surface area contributed by atoms with Crippen molar-refractivity contribution < 1.29 is 4.21 Å². The Balaban J connectivity index is 3.11. The minimum Gasteiger partial charge on any atom is -0.260 e. The van der Waals surface area contributed by atoms with Gasteiger partial charge in [-0.05, 0) is 25.7 Å². The van der Waals surface area contributed by atoms with Crippen LogP contribution in [0.5, 0.6) is 0 Å².